The third-order valence-electron chi connectivity index (χ3n) is 5.91. The van der Waals surface area contributed by atoms with Crippen LogP contribution in [-0.4, -0.2) is 78.2 Å². The number of anilines is 1. The van der Waals surface area contributed by atoms with E-state index in [2.05, 4.69) is 35.2 Å². The first-order valence-electron chi connectivity index (χ1n) is 11.6. The fourth-order valence-corrected chi connectivity index (χ4v) is 5.68. The van der Waals surface area contributed by atoms with Gasteiger partial charge in [0, 0.05) is 37.0 Å². The fraction of sp³-hybridized carbons (Fsp3) is 0.500. The van der Waals surface area contributed by atoms with Gasteiger partial charge in [-0.25, -0.2) is 19.5 Å². The summed E-state index contributed by atoms with van der Waals surface area (Å²) in [7, 11) is -4.67. The van der Waals surface area contributed by atoms with Gasteiger partial charge < -0.3 is 15.2 Å². The Bertz CT molecular complexity index is 1130. The molecule has 200 valence electrons. The van der Waals surface area contributed by atoms with E-state index in [1.165, 1.54) is 4.68 Å². The zero-order chi connectivity index (χ0) is 26.4. The van der Waals surface area contributed by atoms with Crippen LogP contribution in [0.4, 0.5) is 5.82 Å². The molecule has 1 aliphatic rings. The maximum Gasteiger partial charge on any atom is 0.328 e. The van der Waals surface area contributed by atoms with E-state index in [4.69, 9.17) is 15.2 Å². The van der Waals surface area contributed by atoms with E-state index in [1.54, 1.807) is 18.3 Å². The Balaban J connectivity index is 1.62. The number of hydrogen-bond acceptors (Lipinski definition) is 7. The smallest absolute Gasteiger partial charge is 0.328 e. The van der Waals surface area contributed by atoms with Crippen molar-refractivity contribution in [2.75, 3.05) is 48.9 Å². The van der Waals surface area contributed by atoms with Crippen LogP contribution in [-0.2, 0) is 37.8 Å². The molecule has 12 heteroatoms. The molecule has 0 amide bonds. The lowest BCUT2D eigenvalue weighted by molar-refractivity contribution is -0.152. The molecule has 1 aliphatic heterocycles. The van der Waals surface area contributed by atoms with Crippen LogP contribution in [0, 0.1) is 5.92 Å². The van der Waals surface area contributed by atoms with Crippen molar-refractivity contribution in [1.29, 1.82) is 0 Å². The summed E-state index contributed by atoms with van der Waals surface area (Å²) in [5, 5.41) is 4.23. The summed E-state index contributed by atoms with van der Waals surface area (Å²) in [5.41, 5.74) is 5.81. The molecule has 3 N–H and O–H groups in total. The summed E-state index contributed by atoms with van der Waals surface area (Å²) in [6.07, 6.45) is 10.3. The minimum absolute atomic E-state index is 0.0528. The van der Waals surface area contributed by atoms with Gasteiger partial charge in [-0.15, -0.1) is 6.58 Å². The second-order valence-corrected chi connectivity index (χ2v) is 16.1. The van der Waals surface area contributed by atoms with Crippen molar-refractivity contribution in [1.82, 2.24) is 14.1 Å². The highest BCUT2D eigenvalue weighted by atomic mass is 32.3. The van der Waals surface area contributed by atoms with Crippen molar-refractivity contribution in [2.24, 2.45) is 11.7 Å². The number of nitrogens with two attached hydrogens (primary N) is 1. The van der Waals surface area contributed by atoms with Crippen LogP contribution in [0.3, 0.4) is 0 Å². The maximum atomic E-state index is 13.1. The van der Waals surface area contributed by atoms with E-state index in [-0.39, 0.29) is 32.2 Å². The normalized spacial score (nSPS) is 21.3. The summed E-state index contributed by atoms with van der Waals surface area (Å²) < 4.78 is 42.5. The number of ether oxygens (including phenoxy) is 2. The zero-order valence-electron chi connectivity index (χ0n) is 21.1. The van der Waals surface area contributed by atoms with Gasteiger partial charge >= 0.3 is 16.2 Å². The molecule has 2 heterocycles. The van der Waals surface area contributed by atoms with Crippen molar-refractivity contribution < 1.29 is 22.7 Å². The van der Waals surface area contributed by atoms with Crippen LogP contribution in [0.15, 0.2) is 55.3 Å². The van der Waals surface area contributed by atoms with Gasteiger partial charge in [0.05, 0.1) is 6.61 Å². The van der Waals surface area contributed by atoms with Gasteiger partial charge in [-0.05, 0) is 30.8 Å². The number of benzene rings is 1. The van der Waals surface area contributed by atoms with Gasteiger partial charge in [0.2, 0.25) is 0 Å². The Hall–Kier alpha value is -2.38. The molecule has 0 unspecified atom stereocenters. The van der Waals surface area contributed by atoms with Gasteiger partial charge in [-0.3, -0.25) is 4.72 Å². The molecule has 1 fully saturated rings. The Labute approximate surface area is 215 Å². The van der Waals surface area contributed by atoms with Crippen molar-refractivity contribution in [2.45, 2.75) is 25.3 Å². The van der Waals surface area contributed by atoms with Crippen LogP contribution < -0.4 is 10.5 Å². The first kappa shape index (κ1) is 28.2. The lowest BCUT2D eigenvalue weighted by Crippen LogP contribution is -2.56. The number of esters is 1. The van der Waals surface area contributed by atoms with Crippen LogP contribution in [0.25, 0.3) is 0 Å². The summed E-state index contributed by atoms with van der Waals surface area (Å²) in [5.74, 6) is 0.00473. The molecule has 0 spiro atoms. The average Bonchev–Trinajstić information content (AvgIpc) is 3.40. The number of allylic oxidation sites excluding steroid dienone is 1. The van der Waals surface area contributed by atoms with Crippen LogP contribution in [0.2, 0.25) is 0 Å². The molecule has 1 aromatic heterocycles. The number of carbonyl (C=O) groups is 1. The van der Waals surface area contributed by atoms with E-state index < -0.39 is 37.7 Å². The molecule has 36 heavy (non-hydrogen) atoms. The predicted octanol–water partition coefficient (Wildman–Crippen LogP) is 2.16. The summed E-state index contributed by atoms with van der Waals surface area (Å²) in [4.78, 5) is 13.0. The monoisotopic (exact) mass is 539 g/mol. The highest BCUT2D eigenvalue weighted by Crippen LogP contribution is 2.34. The lowest BCUT2D eigenvalue weighted by atomic mass is 9.86. The van der Waals surface area contributed by atoms with Gasteiger partial charge in [0.25, 0.3) is 0 Å². The van der Waals surface area contributed by atoms with Crippen molar-refractivity contribution >= 4 is 32.0 Å². The van der Waals surface area contributed by atoms with Crippen molar-refractivity contribution in [3.8, 4) is 0 Å². The molecule has 1 aromatic carbocycles. The molecule has 2 aromatic rings. The predicted molar refractivity (Wildman–Crippen MR) is 144 cm³/mol. The molecule has 0 radical (unpaired) electrons. The number of aromatic nitrogens is 2. The number of nitrogens with one attached hydrogen (secondary N) is 1. The van der Waals surface area contributed by atoms with Crippen molar-refractivity contribution in [3.05, 3.63) is 60.8 Å². The molecule has 0 bridgehead atoms. The molecule has 3 rings (SSSR count). The topological polar surface area (TPSA) is 129 Å². The quantitative estimate of drug-likeness (QED) is 0.227. The summed E-state index contributed by atoms with van der Waals surface area (Å²) in [6, 6.07) is 10.8. The maximum absolute atomic E-state index is 13.1. The average molecular weight is 540 g/mol. The van der Waals surface area contributed by atoms with Gasteiger partial charge in [-0.2, -0.15) is 17.8 Å². The number of nitrogens with zero attached hydrogens (tertiary/aromatic N) is 3. The lowest BCUT2D eigenvalue weighted by Gasteiger charge is -2.27. The van der Waals surface area contributed by atoms with E-state index in [9.17, 15) is 13.2 Å². The molecule has 0 saturated carbocycles. The Morgan fingerprint density at radius 2 is 2.00 bits per heavy atom. The minimum Gasteiger partial charge on any atom is -0.459 e. The fourth-order valence-electron chi connectivity index (χ4n) is 3.80. The van der Waals surface area contributed by atoms with E-state index in [1.807, 2.05) is 30.3 Å². The number of hydrogen-bond donors (Lipinski definition) is 2. The Kier molecular flexibility index (Phi) is 9.23. The van der Waals surface area contributed by atoms with Gasteiger partial charge in [0.1, 0.15) is 18.9 Å². The highest BCUT2D eigenvalue weighted by Gasteiger charge is 2.53. The molecule has 10 nitrogen and oxygen atoms in total. The molecule has 0 aliphatic carbocycles. The first-order valence-corrected chi connectivity index (χ1v) is 16.1. The molecular formula is C24H37N5O5S2. The Morgan fingerprint density at radius 3 is 2.67 bits per heavy atom. The third-order valence-corrected chi connectivity index (χ3v) is 8.73. The SMILES string of the molecule is C=CC[C@H]1CN(S(=O)(=O)Nc2ccn(COCCS(C)(C)C)n2)C[C@@]1(N)C(=O)OCc1ccccc1. The summed E-state index contributed by atoms with van der Waals surface area (Å²) >= 11 is 0. The molecule has 2 atom stereocenters. The second-order valence-electron chi connectivity index (χ2n) is 9.80. The second kappa shape index (κ2) is 11.8. The zero-order valence-corrected chi connectivity index (χ0v) is 22.8. The van der Waals surface area contributed by atoms with Crippen LogP contribution >= 0.6 is 10.0 Å². The Morgan fingerprint density at radius 1 is 1.28 bits per heavy atom. The number of rotatable bonds is 13. The van der Waals surface area contributed by atoms with Crippen LogP contribution in [0.1, 0.15) is 12.0 Å². The third kappa shape index (κ3) is 7.56. The van der Waals surface area contributed by atoms with E-state index >= 15 is 0 Å². The van der Waals surface area contributed by atoms with Gasteiger partial charge in [-0.1, -0.05) is 36.4 Å². The summed E-state index contributed by atoms with van der Waals surface area (Å²) in [6.45, 7) is 4.46. The number of carbonyl (C=O) groups excluding carboxylic acids is 1. The standard InChI is InChI=1S/C24H37N5O5S2/c1-5-9-21-16-29(18-24(21,25)23(30)34-17-20-10-7-6-8-11-20)36(31,32)27-22-12-13-28(26-22)19-33-14-15-35(2,3)4/h5-8,10-13,21H,1,9,14-19,25H2,2-4H3,(H,26,27)/t21-,24-/m0/s1. The molecular weight excluding hydrogens is 502 g/mol. The van der Waals surface area contributed by atoms with Gasteiger partial charge in [0.15, 0.2) is 5.82 Å². The van der Waals surface area contributed by atoms with E-state index in [0.717, 1.165) is 15.6 Å². The molecule has 1 saturated heterocycles. The highest BCUT2D eigenvalue weighted by molar-refractivity contribution is 8.32. The largest absolute Gasteiger partial charge is 0.459 e. The van der Waals surface area contributed by atoms with Crippen LogP contribution in [0.5, 0.6) is 0 Å². The first-order chi connectivity index (χ1) is 16.9. The minimum atomic E-state index is -4.02. The van der Waals surface area contributed by atoms with E-state index in [0.29, 0.717) is 13.0 Å². The van der Waals surface area contributed by atoms with Crippen molar-refractivity contribution in [3.63, 3.8) is 0 Å².